The maximum absolute atomic E-state index is 13.1. The highest BCUT2D eigenvalue weighted by Gasteiger charge is 2.31. The number of pyridine rings is 1. The largest absolute Gasteiger partial charge is 0.334 e. The lowest BCUT2D eigenvalue weighted by Gasteiger charge is -2.31. The second kappa shape index (κ2) is 7.81. The molecule has 8 heteroatoms. The lowest BCUT2D eigenvalue weighted by atomic mass is 9.96. The van der Waals surface area contributed by atoms with Gasteiger partial charge < -0.3 is 4.52 Å². The van der Waals surface area contributed by atoms with Crippen molar-refractivity contribution in [3.8, 4) is 11.5 Å². The van der Waals surface area contributed by atoms with E-state index in [0.717, 1.165) is 24.0 Å². The van der Waals surface area contributed by atoms with Gasteiger partial charge in [0.25, 0.3) is 5.89 Å². The molecule has 0 radical (unpaired) electrons. The summed E-state index contributed by atoms with van der Waals surface area (Å²) in [4.78, 5) is 8.83. The van der Waals surface area contributed by atoms with Crippen LogP contribution in [0.1, 0.15) is 24.2 Å². The molecule has 2 aromatic heterocycles. The predicted molar refractivity (Wildman–Crippen MR) is 104 cm³/mol. The zero-order valence-electron chi connectivity index (χ0n) is 15.7. The number of aryl methyl sites for hydroxylation is 1. The first-order valence-electron chi connectivity index (χ1n) is 9.33. The Balaban J connectivity index is 1.48. The fourth-order valence-corrected chi connectivity index (χ4v) is 5.38. The second-order valence-corrected chi connectivity index (χ2v) is 9.00. The summed E-state index contributed by atoms with van der Waals surface area (Å²) in [5, 5.41) is 4.07. The number of piperidine rings is 1. The molecule has 28 heavy (non-hydrogen) atoms. The Morgan fingerprint density at radius 3 is 2.75 bits per heavy atom. The van der Waals surface area contributed by atoms with Gasteiger partial charge in [-0.25, -0.2) is 8.42 Å². The Morgan fingerprint density at radius 2 is 1.96 bits per heavy atom. The number of rotatable bonds is 5. The molecule has 3 aromatic rings. The van der Waals surface area contributed by atoms with Crippen LogP contribution in [-0.2, 0) is 16.4 Å². The summed E-state index contributed by atoms with van der Waals surface area (Å²) in [5.41, 5.74) is 1.59. The molecule has 7 nitrogen and oxygen atoms in total. The molecule has 1 unspecified atom stereocenters. The number of sulfonamides is 1. The number of hydrogen-bond donors (Lipinski definition) is 0. The fraction of sp³-hybridized carbons (Fsp3) is 0.350. The molecular formula is C20H22N4O3S. The van der Waals surface area contributed by atoms with E-state index >= 15 is 0 Å². The summed E-state index contributed by atoms with van der Waals surface area (Å²) in [6, 6.07) is 10.7. The van der Waals surface area contributed by atoms with Gasteiger partial charge in [0, 0.05) is 37.5 Å². The predicted octanol–water partition coefficient (Wildman–Crippen LogP) is 3.08. The molecule has 1 fully saturated rings. The van der Waals surface area contributed by atoms with Crippen LogP contribution < -0.4 is 0 Å². The fourth-order valence-electron chi connectivity index (χ4n) is 3.60. The quantitative estimate of drug-likeness (QED) is 0.656. The summed E-state index contributed by atoms with van der Waals surface area (Å²) in [7, 11) is -3.49. The summed E-state index contributed by atoms with van der Waals surface area (Å²) in [5.74, 6) is 1.22. The third-order valence-corrected chi connectivity index (χ3v) is 7.09. The first-order valence-corrected chi connectivity index (χ1v) is 10.8. The van der Waals surface area contributed by atoms with E-state index in [2.05, 4.69) is 15.1 Å². The minimum atomic E-state index is -3.49. The van der Waals surface area contributed by atoms with Crippen molar-refractivity contribution < 1.29 is 12.9 Å². The van der Waals surface area contributed by atoms with Gasteiger partial charge in [0.1, 0.15) is 0 Å². The number of aromatic nitrogens is 3. The van der Waals surface area contributed by atoms with Crippen LogP contribution in [0.4, 0.5) is 0 Å². The molecule has 3 heterocycles. The molecule has 4 rings (SSSR count). The molecule has 1 aliphatic rings. The van der Waals surface area contributed by atoms with Gasteiger partial charge in [-0.3, -0.25) is 4.98 Å². The van der Waals surface area contributed by atoms with Crippen molar-refractivity contribution in [1.29, 1.82) is 0 Å². The molecule has 0 saturated carbocycles. The zero-order chi connectivity index (χ0) is 19.6. The molecule has 1 atom stereocenters. The van der Waals surface area contributed by atoms with Crippen molar-refractivity contribution in [1.82, 2.24) is 19.4 Å². The molecular weight excluding hydrogens is 376 g/mol. The van der Waals surface area contributed by atoms with Crippen LogP contribution in [-0.4, -0.2) is 40.9 Å². The van der Waals surface area contributed by atoms with Crippen molar-refractivity contribution >= 4 is 10.0 Å². The Hall–Kier alpha value is -2.58. The van der Waals surface area contributed by atoms with Crippen LogP contribution >= 0.6 is 0 Å². The van der Waals surface area contributed by atoms with Gasteiger partial charge in [0.05, 0.1) is 4.90 Å². The lowest BCUT2D eigenvalue weighted by Crippen LogP contribution is -2.40. The van der Waals surface area contributed by atoms with Crippen molar-refractivity contribution in [3.63, 3.8) is 0 Å². The monoisotopic (exact) mass is 398 g/mol. The molecule has 0 aliphatic carbocycles. The van der Waals surface area contributed by atoms with E-state index in [0.29, 0.717) is 36.1 Å². The van der Waals surface area contributed by atoms with Crippen molar-refractivity contribution in [2.45, 2.75) is 31.1 Å². The molecule has 1 aliphatic heterocycles. The van der Waals surface area contributed by atoms with E-state index in [1.807, 2.05) is 31.2 Å². The first kappa shape index (κ1) is 18.8. The van der Waals surface area contributed by atoms with E-state index in [1.54, 1.807) is 28.8 Å². The van der Waals surface area contributed by atoms with Gasteiger partial charge in [0.2, 0.25) is 10.0 Å². The Labute approximate surface area is 164 Å². The van der Waals surface area contributed by atoms with Crippen molar-refractivity contribution in [2.75, 3.05) is 13.1 Å². The molecule has 1 saturated heterocycles. The van der Waals surface area contributed by atoms with Crippen LogP contribution in [0.5, 0.6) is 0 Å². The van der Waals surface area contributed by atoms with E-state index in [-0.39, 0.29) is 5.92 Å². The van der Waals surface area contributed by atoms with Gasteiger partial charge in [-0.15, -0.1) is 0 Å². The minimum Gasteiger partial charge on any atom is -0.334 e. The topological polar surface area (TPSA) is 89.2 Å². The third-order valence-electron chi connectivity index (χ3n) is 5.06. The van der Waals surface area contributed by atoms with Gasteiger partial charge in [0.15, 0.2) is 5.82 Å². The maximum Gasteiger partial charge on any atom is 0.258 e. The third kappa shape index (κ3) is 3.83. The molecule has 1 aromatic carbocycles. The molecule has 0 N–H and O–H groups in total. The van der Waals surface area contributed by atoms with E-state index in [4.69, 9.17) is 4.52 Å². The first-order chi connectivity index (χ1) is 13.5. The molecule has 0 amide bonds. The molecule has 0 spiro atoms. The molecule has 0 bridgehead atoms. The number of hydrogen-bond acceptors (Lipinski definition) is 6. The smallest absolute Gasteiger partial charge is 0.258 e. The van der Waals surface area contributed by atoms with E-state index in [1.165, 1.54) is 0 Å². The van der Waals surface area contributed by atoms with Crippen LogP contribution in [0, 0.1) is 12.8 Å². The summed E-state index contributed by atoms with van der Waals surface area (Å²) >= 11 is 0. The highest BCUT2D eigenvalue weighted by atomic mass is 32.2. The van der Waals surface area contributed by atoms with Crippen LogP contribution in [0.2, 0.25) is 0 Å². The average Bonchev–Trinajstić information content (AvgIpc) is 3.17. The van der Waals surface area contributed by atoms with E-state index in [9.17, 15) is 8.42 Å². The van der Waals surface area contributed by atoms with Gasteiger partial charge >= 0.3 is 0 Å². The Morgan fingerprint density at radius 1 is 1.18 bits per heavy atom. The second-order valence-electron chi connectivity index (χ2n) is 7.09. The average molecular weight is 398 g/mol. The Kier molecular flexibility index (Phi) is 5.23. The van der Waals surface area contributed by atoms with Gasteiger partial charge in [-0.1, -0.05) is 23.4 Å². The SMILES string of the molecule is Cc1ccccc1S(=O)(=O)N1CCCC(Cc2noc(-c3ccncc3)n2)C1. The van der Waals surface area contributed by atoms with Gasteiger partial charge in [-0.2, -0.15) is 9.29 Å². The van der Waals surface area contributed by atoms with Crippen LogP contribution in [0.25, 0.3) is 11.5 Å². The number of benzene rings is 1. The summed E-state index contributed by atoms with van der Waals surface area (Å²) in [6.07, 6.45) is 5.71. The Bertz CT molecular complexity index is 1050. The summed E-state index contributed by atoms with van der Waals surface area (Å²) in [6.45, 7) is 2.84. The van der Waals surface area contributed by atoms with Gasteiger partial charge in [-0.05, 0) is 49.4 Å². The lowest BCUT2D eigenvalue weighted by molar-refractivity contribution is 0.261. The maximum atomic E-state index is 13.1. The normalized spacial score (nSPS) is 18.2. The molecule has 146 valence electrons. The number of nitrogens with zero attached hydrogens (tertiary/aromatic N) is 4. The standard InChI is InChI=1S/C20H22N4O3S/c1-15-5-2-3-7-18(15)28(25,26)24-12-4-6-16(14-24)13-19-22-20(27-23-19)17-8-10-21-11-9-17/h2-3,5,7-11,16H,4,6,12-14H2,1H3. The zero-order valence-corrected chi connectivity index (χ0v) is 16.5. The highest BCUT2D eigenvalue weighted by Crippen LogP contribution is 2.27. The highest BCUT2D eigenvalue weighted by molar-refractivity contribution is 7.89. The van der Waals surface area contributed by atoms with Crippen LogP contribution in [0.3, 0.4) is 0 Å². The van der Waals surface area contributed by atoms with Crippen molar-refractivity contribution in [3.05, 3.63) is 60.2 Å². The minimum absolute atomic E-state index is 0.162. The van der Waals surface area contributed by atoms with Crippen molar-refractivity contribution in [2.24, 2.45) is 5.92 Å². The summed E-state index contributed by atoms with van der Waals surface area (Å²) < 4.78 is 33.1. The van der Waals surface area contributed by atoms with Crippen LogP contribution in [0.15, 0.2) is 58.2 Å². The van der Waals surface area contributed by atoms with E-state index < -0.39 is 10.0 Å².